The number of carbonyl (C=O) groups excluding carboxylic acids is 2. The van der Waals surface area contributed by atoms with Gasteiger partial charge in [-0.25, -0.2) is 0 Å². The Hall–Kier alpha value is -3.23. The van der Waals surface area contributed by atoms with E-state index >= 15 is 0 Å². The molecule has 0 spiro atoms. The standard InChI is InChI=1S/C19H17F3N2O4/c1-27-16-11-13(6-9-15(16)24-10-2-3-17(24)25)23-18(26)12-4-7-14(8-5-12)28-19(20,21)22/h4-9,11H,2-3,10H2,1H3,(H,23,26). The van der Waals surface area contributed by atoms with Crippen molar-refractivity contribution < 1.29 is 32.2 Å². The number of rotatable bonds is 5. The van der Waals surface area contributed by atoms with Gasteiger partial charge >= 0.3 is 6.36 Å². The van der Waals surface area contributed by atoms with Crippen molar-refractivity contribution in [3.63, 3.8) is 0 Å². The Bertz CT molecular complexity index is 882. The van der Waals surface area contributed by atoms with E-state index in [1.165, 1.54) is 19.2 Å². The Morgan fingerprint density at radius 2 is 1.86 bits per heavy atom. The van der Waals surface area contributed by atoms with Crippen molar-refractivity contribution in [3.05, 3.63) is 48.0 Å². The van der Waals surface area contributed by atoms with Crippen LogP contribution in [0.25, 0.3) is 0 Å². The normalized spacial score (nSPS) is 14.1. The number of ether oxygens (including phenoxy) is 2. The van der Waals surface area contributed by atoms with Crippen molar-refractivity contribution >= 4 is 23.2 Å². The molecule has 1 saturated heterocycles. The molecule has 2 aromatic carbocycles. The van der Waals surface area contributed by atoms with Gasteiger partial charge in [-0.3, -0.25) is 9.59 Å². The number of carbonyl (C=O) groups is 2. The summed E-state index contributed by atoms with van der Waals surface area (Å²) < 4.78 is 45.7. The predicted molar refractivity (Wildman–Crippen MR) is 95.7 cm³/mol. The Morgan fingerprint density at radius 1 is 1.14 bits per heavy atom. The summed E-state index contributed by atoms with van der Waals surface area (Å²) >= 11 is 0. The molecule has 0 atom stereocenters. The molecule has 2 aromatic rings. The fourth-order valence-electron chi connectivity index (χ4n) is 2.89. The zero-order valence-electron chi connectivity index (χ0n) is 14.9. The maximum Gasteiger partial charge on any atom is 0.573 e. The highest BCUT2D eigenvalue weighted by Gasteiger charge is 2.31. The number of nitrogens with one attached hydrogen (secondary N) is 1. The molecule has 1 heterocycles. The first-order valence-corrected chi connectivity index (χ1v) is 8.42. The zero-order chi connectivity index (χ0) is 20.3. The van der Waals surface area contributed by atoms with Crippen LogP contribution in [-0.4, -0.2) is 31.8 Å². The highest BCUT2D eigenvalue weighted by Crippen LogP contribution is 2.34. The monoisotopic (exact) mass is 394 g/mol. The molecule has 3 rings (SSSR count). The lowest BCUT2D eigenvalue weighted by Gasteiger charge is -2.19. The minimum absolute atomic E-state index is 0.0104. The SMILES string of the molecule is COc1cc(NC(=O)c2ccc(OC(F)(F)F)cc2)ccc1N1CCCC1=O. The van der Waals surface area contributed by atoms with Crippen LogP contribution in [0.4, 0.5) is 24.5 Å². The number of halogens is 3. The molecule has 0 aliphatic carbocycles. The van der Waals surface area contributed by atoms with Crippen molar-refractivity contribution in [1.82, 2.24) is 0 Å². The lowest BCUT2D eigenvalue weighted by Crippen LogP contribution is -2.24. The van der Waals surface area contributed by atoms with Gasteiger partial charge < -0.3 is 19.7 Å². The summed E-state index contributed by atoms with van der Waals surface area (Å²) in [5.41, 5.74) is 1.21. The third-order valence-electron chi connectivity index (χ3n) is 4.15. The molecule has 1 N–H and O–H groups in total. The van der Waals surface area contributed by atoms with Gasteiger partial charge in [0, 0.05) is 30.3 Å². The van der Waals surface area contributed by atoms with E-state index in [4.69, 9.17) is 4.74 Å². The van der Waals surface area contributed by atoms with Crippen LogP contribution >= 0.6 is 0 Å². The smallest absolute Gasteiger partial charge is 0.494 e. The van der Waals surface area contributed by atoms with E-state index in [0.29, 0.717) is 30.1 Å². The molecule has 0 bridgehead atoms. The topological polar surface area (TPSA) is 67.9 Å². The van der Waals surface area contributed by atoms with Crippen molar-refractivity contribution in [2.24, 2.45) is 0 Å². The Balaban J connectivity index is 1.72. The molecule has 0 saturated carbocycles. The average Bonchev–Trinajstić information content (AvgIpc) is 3.06. The van der Waals surface area contributed by atoms with Crippen LogP contribution in [0.5, 0.6) is 11.5 Å². The van der Waals surface area contributed by atoms with Gasteiger partial charge in [0.2, 0.25) is 5.91 Å². The molecule has 28 heavy (non-hydrogen) atoms. The molecular weight excluding hydrogens is 377 g/mol. The van der Waals surface area contributed by atoms with E-state index in [0.717, 1.165) is 18.6 Å². The van der Waals surface area contributed by atoms with Crippen LogP contribution in [0.3, 0.4) is 0 Å². The number of alkyl halides is 3. The highest BCUT2D eigenvalue weighted by molar-refractivity contribution is 6.05. The lowest BCUT2D eigenvalue weighted by atomic mass is 10.2. The molecule has 1 aliphatic rings. The second-order valence-electron chi connectivity index (χ2n) is 6.06. The molecule has 1 aliphatic heterocycles. The summed E-state index contributed by atoms with van der Waals surface area (Å²) in [6.45, 7) is 0.604. The zero-order valence-corrected chi connectivity index (χ0v) is 14.9. The molecular formula is C19H17F3N2O4. The van der Waals surface area contributed by atoms with Crippen LogP contribution < -0.4 is 19.7 Å². The number of amides is 2. The van der Waals surface area contributed by atoms with Gasteiger partial charge in [-0.05, 0) is 42.8 Å². The van der Waals surface area contributed by atoms with Crippen LogP contribution in [-0.2, 0) is 4.79 Å². The van der Waals surface area contributed by atoms with Gasteiger partial charge in [0.15, 0.2) is 0 Å². The first-order valence-electron chi connectivity index (χ1n) is 8.42. The van der Waals surface area contributed by atoms with E-state index in [1.54, 1.807) is 23.1 Å². The van der Waals surface area contributed by atoms with Crippen molar-refractivity contribution in [2.75, 3.05) is 23.9 Å². The minimum Gasteiger partial charge on any atom is -0.494 e. The van der Waals surface area contributed by atoms with Gasteiger partial charge in [-0.15, -0.1) is 13.2 Å². The first-order chi connectivity index (χ1) is 13.3. The summed E-state index contributed by atoms with van der Waals surface area (Å²) in [7, 11) is 1.46. The minimum atomic E-state index is -4.79. The van der Waals surface area contributed by atoms with Gasteiger partial charge in [0.25, 0.3) is 5.91 Å². The summed E-state index contributed by atoms with van der Waals surface area (Å²) in [4.78, 5) is 25.9. The lowest BCUT2D eigenvalue weighted by molar-refractivity contribution is -0.274. The summed E-state index contributed by atoms with van der Waals surface area (Å²) in [6, 6.07) is 9.46. The third kappa shape index (κ3) is 4.54. The predicted octanol–water partition coefficient (Wildman–Crippen LogP) is 3.97. The number of hydrogen-bond acceptors (Lipinski definition) is 4. The highest BCUT2D eigenvalue weighted by atomic mass is 19.4. The Labute approximate surface area is 158 Å². The third-order valence-corrected chi connectivity index (χ3v) is 4.15. The van der Waals surface area contributed by atoms with Crippen molar-refractivity contribution in [2.45, 2.75) is 19.2 Å². The maximum absolute atomic E-state index is 12.3. The van der Waals surface area contributed by atoms with Gasteiger partial charge in [0.1, 0.15) is 11.5 Å². The molecule has 6 nitrogen and oxygen atoms in total. The van der Waals surface area contributed by atoms with E-state index in [2.05, 4.69) is 10.1 Å². The number of anilines is 2. The maximum atomic E-state index is 12.3. The summed E-state index contributed by atoms with van der Waals surface area (Å²) in [6.07, 6.45) is -3.54. The average molecular weight is 394 g/mol. The second-order valence-corrected chi connectivity index (χ2v) is 6.06. The van der Waals surface area contributed by atoms with Gasteiger partial charge in [0.05, 0.1) is 12.8 Å². The van der Waals surface area contributed by atoms with E-state index < -0.39 is 18.0 Å². The Morgan fingerprint density at radius 3 is 2.43 bits per heavy atom. The fourth-order valence-corrected chi connectivity index (χ4v) is 2.89. The largest absolute Gasteiger partial charge is 0.573 e. The summed E-state index contributed by atoms with van der Waals surface area (Å²) in [5.74, 6) is -0.478. The Kier molecular flexibility index (Phi) is 5.43. The molecule has 2 amide bonds. The van der Waals surface area contributed by atoms with Gasteiger partial charge in [-0.2, -0.15) is 0 Å². The second kappa shape index (κ2) is 7.79. The summed E-state index contributed by atoms with van der Waals surface area (Å²) in [5, 5.41) is 2.64. The molecule has 0 unspecified atom stereocenters. The van der Waals surface area contributed by atoms with Crippen LogP contribution in [0, 0.1) is 0 Å². The van der Waals surface area contributed by atoms with E-state index in [9.17, 15) is 22.8 Å². The van der Waals surface area contributed by atoms with Crippen LogP contribution in [0.1, 0.15) is 23.2 Å². The van der Waals surface area contributed by atoms with E-state index in [1.807, 2.05) is 0 Å². The number of nitrogens with zero attached hydrogens (tertiary/aromatic N) is 1. The molecule has 0 aromatic heterocycles. The van der Waals surface area contributed by atoms with E-state index in [-0.39, 0.29) is 11.5 Å². The molecule has 0 radical (unpaired) electrons. The number of hydrogen-bond donors (Lipinski definition) is 1. The van der Waals surface area contributed by atoms with Gasteiger partial charge in [-0.1, -0.05) is 0 Å². The number of methoxy groups -OCH3 is 1. The first kappa shape index (κ1) is 19.5. The van der Waals surface area contributed by atoms with Crippen molar-refractivity contribution in [3.8, 4) is 11.5 Å². The number of benzene rings is 2. The fraction of sp³-hybridized carbons (Fsp3) is 0.263. The van der Waals surface area contributed by atoms with Crippen LogP contribution in [0.15, 0.2) is 42.5 Å². The quantitative estimate of drug-likeness (QED) is 0.833. The van der Waals surface area contributed by atoms with Crippen molar-refractivity contribution in [1.29, 1.82) is 0 Å². The molecule has 9 heteroatoms. The van der Waals surface area contributed by atoms with Crippen LogP contribution in [0.2, 0.25) is 0 Å². The molecule has 148 valence electrons. The molecule has 1 fully saturated rings.